The maximum atomic E-state index is 10.7. The molecule has 0 unspecified atom stereocenters. The average molecular weight is 295 g/mol. The summed E-state index contributed by atoms with van der Waals surface area (Å²) >= 11 is 1.47. The standard InChI is InChI=1S/C18H30OS/c1-17(19)20-16-12-8-6-4-2-3-5-7-9-13-18-14-10-11-15-18/h10-11,14-15,18H,2-9,12-13,16H2,1H3. The first kappa shape index (κ1) is 17.6. The molecule has 0 amide bonds. The van der Waals surface area contributed by atoms with Gasteiger partial charge in [-0.3, -0.25) is 4.79 Å². The average Bonchev–Trinajstić information content (AvgIpc) is 2.93. The van der Waals surface area contributed by atoms with E-state index in [9.17, 15) is 4.79 Å². The van der Waals surface area contributed by atoms with Gasteiger partial charge >= 0.3 is 0 Å². The molecular formula is C18H30OS. The molecule has 0 aliphatic heterocycles. The van der Waals surface area contributed by atoms with Gasteiger partial charge in [-0.1, -0.05) is 87.4 Å². The summed E-state index contributed by atoms with van der Waals surface area (Å²) in [7, 11) is 0. The predicted molar refractivity (Wildman–Crippen MR) is 91.1 cm³/mol. The highest BCUT2D eigenvalue weighted by Crippen LogP contribution is 2.18. The first-order valence-electron chi connectivity index (χ1n) is 8.27. The van der Waals surface area contributed by atoms with Crippen molar-refractivity contribution in [2.75, 3.05) is 5.75 Å². The SMILES string of the molecule is CC(=O)SCCCCCCCCCCCC1C=CC=C1. The van der Waals surface area contributed by atoms with E-state index in [2.05, 4.69) is 24.3 Å². The zero-order valence-corrected chi connectivity index (χ0v) is 13.8. The Hall–Kier alpha value is -0.500. The normalized spacial score (nSPS) is 14.2. The Labute approximate surface area is 129 Å². The van der Waals surface area contributed by atoms with Gasteiger partial charge in [-0.05, 0) is 18.8 Å². The molecule has 1 rings (SSSR count). The second-order valence-corrected chi connectivity index (χ2v) is 7.02. The van der Waals surface area contributed by atoms with E-state index in [0.29, 0.717) is 0 Å². The largest absolute Gasteiger partial charge is 0.288 e. The van der Waals surface area contributed by atoms with E-state index in [-0.39, 0.29) is 5.12 Å². The fourth-order valence-electron chi connectivity index (χ4n) is 2.61. The van der Waals surface area contributed by atoms with Crippen LogP contribution >= 0.6 is 11.8 Å². The second kappa shape index (κ2) is 12.3. The van der Waals surface area contributed by atoms with Crippen LogP contribution < -0.4 is 0 Å². The lowest BCUT2D eigenvalue weighted by Gasteiger charge is -2.05. The quantitative estimate of drug-likeness (QED) is 0.416. The van der Waals surface area contributed by atoms with Crippen molar-refractivity contribution in [3.05, 3.63) is 24.3 Å². The predicted octanol–water partition coefficient (Wildman–Crippen LogP) is 5.91. The molecule has 2 heteroatoms. The fraction of sp³-hybridized carbons (Fsp3) is 0.722. The van der Waals surface area contributed by atoms with Crippen molar-refractivity contribution >= 4 is 16.9 Å². The summed E-state index contributed by atoms with van der Waals surface area (Å²) in [5.41, 5.74) is 0. The van der Waals surface area contributed by atoms with E-state index >= 15 is 0 Å². The fourth-order valence-corrected chi connectivity index (χ4v) is 3.24. The third-order valence-corrected chi connectivity index (χ3v) is 4.71. The Bertz CT molecular complexity index is 295. The van der Waals surface area contributed by atoms with Crippen LogP contribution in [0.25, 0.3) is 0 Å². The minimum Gasteiger partial charge on any atom is -0.288 e. The van der Waals surface area contributed by atoms with Gasteiger partial charge in [0.05, 0.1) is 0 Å². The molecule has 0 N–H and O–H groups in total. The number of unbranched alkanes of at least 4 members (excludes halogenated alkanes) is 8. The van der Waals surface area contributed by atoms with Gasteiger partial charge in [0.2, 0.25) is 0 Å². The Morgan fingerprint density at radius 1 is 0.850 bits per heavy atom. The highest BCUT2D eigenvalue weighted by molar-refractivity contribution is 8.13. The maximum Gasteiger partial charge on any atom is 0.185 e. The molecule has 0 aromatic rings. The van der Waals surface area contributed by atoms with Gasteiger partial charge in [0.15, 0.2) is 5.12 Å². The van der Waals surface area contributed by atoms with Crippen LogP contribution in [0.4, 0.5) is 0 Å². The molecule has 1 nitrogen and oxygen atoms in total. The Kier molecular flexibility index (Phi) is 10.8. The summed E-state index contributed by atoms with van der Waals surface area (Å²) in [6.07, 6.45) is 22.5. The van der Waals surface area contributed by atoms with Crippen molar-refractivity contribution in [3.63, 3.8) is 0 Å². The third-order valence-electron chi connectivity index (χ3n) is 3.81. The van der Waals surface area contributed by atoms with Gasteiger partial charge in [0.25, 0.3) is 0 Å². The lowest BCUT2D eigenvalue weighted by atomic mass is 10.0. The van der Waals surface area contributed by atoms with Gasteiger partial charge in [-0.15, -0.1) is 0 Å². The number of thioether (sulfide) groups is 1. The molecule has 0 aromatic carbocycles. The molecule has 0 atom stereocenters. The Morgan fingerprint density at radius 3 is 1.90 bits per heavy atom. The summed E-state index contributed by atoms with van der Waals surface area (Å²) in [6.45, 7) is 1.66. The summed E-state index contributed by atoms with van der Waals surface area (Å²) in [4.78, 5) is 10.7. The van der Waals surface area contributed by atoms with E-state index in [4.69, 9.17) is 0 Å². The number of hydrogen-bond acceptors (Lipinski definition) is 2. The highest BCUT2D eigenvalue weighted by atomic mass is 32.2. The van der Waals surface area contributed by atoms with Crippen molar-refractivity contribution in [3.8, 4) is 0 Å². The molecule has 0 heterocycles. The lowest BCUT2D eigenvalue weighted by Crippen LogP contribution is -1.89. The van der Waals surface area contributed by atoms with Gasteiger partial charge in [-0.25, -0.2) is 0 Å². The number of carbonyl (C=O) groups is 1. The minimum absolute atomic E-state index is 0.258. The Morgan fingerprint density at radius 2 is 1.35 bits per heavy atom. The number of carbonyl (C=O) groups excluding carboxylic acids is 1. The first-order valence-corrected chi connectivity index (χ1v) is 9.26. The molecular weight excluding hydrogens is 264 g/mol. The van der Waals surface area contributed by atoms with Crippen molar-refractivity contribution in [1.82, 2.24) is 0 Å². The van der Waals surface area contributed by atoms with E-state index in [1.807, 2.05) is 0 Å². The van der Waals surface area contributed by atoms with Crippen LogP contribution in [0.2, 0.25) is 0 Å². The molecule has 20 heavy (non-hydrogen) atoms. The van der Waals surface area contributed by atoms with E-state index < -0.39 is 0 Å². The van der Waals surface area contributed by atoms with Crippen molar-refractivity contribution in [1.29, 1.82) is 0 Å². The topological polar surface area (TPSA) is 17.1 Å². The van der Waals surface area contributed by atoms with Crippen molar-refractivity contribution < 1.29 is 4.79 Å². The molecule has 0 fully saturated rings. The third kappa shape index (κ3) is 10.3. The van der Waals surface area contributed by atoms with Crippen LogP contribution in [0, 0.1) is 5.92 Å². The molecule has 0 aromatic heterocycles. The highest BCUT2D eigenvalue weighted by Gasteiger charge is 2.02. The van der Waals surface area contributed by atoms with Gasteiger partial charge in [0, 0.05) is 12.7 Å². The van der Waals surface area contributed by atoms with Crippen LogP contribution in [-0.4, -0.2) is 10.9 Å². The first-order chi connectivity index (χ1) is 9.79. The molecule has 114 valence electrons. The molecule has 0 saturated carbocycles. The zero-order chi connectivity index (χ0) is 14.5. The summed E-state index contributed by atoms with van der Waals surface area (Å²) in [6, 6.07) is 0. The van der Waals surface area contributed by atoms with E-state index in [0.717, 1.165) is 11.7 Å². The zero-order valence-electron chi connectivity index (χ0n) is 13.0. The van der Waals surface area contributed by atoms with E-state index in [1.54, 1.807) is 6.92 Å². The minimum atomic E-state index is 0.258. The van der Waals surface area contributed by atoms with Crippen LogP contribution in [0.3, 0.4) is 0 Å². The molecule has 1 aliphatic carbocycles. The van der Waals surface area contributed by atoms with Crippen LogP contribution in [-0.2, 0) is 4.79 Å². The maximum absolute atomic E-state index is 10.7. The van der Waals surface area contributed by atoms with Crippen molar-refractivity contribution in [2.45, 2.75) is 71.1 Å². The number of hydrogen-bond donors (Lipinski definition) is 0. The summed E-state index contributed by atoms with van der Waals surface area (Å²) in [5.74, 6) is 1.74. The van der Waals surface area contributed by atoms with Crippen LogP contribution in [0.5, 0.6) is 0 Å². The smallest absolute Gasteiger partial charge is 0.185 e. The van der Waals surface area contributed by atoms with Crippen LogP contribution in [0.1, 0.15) is 71.1 Å². The molecule has 0 bridgehead atoms. The monoisotopic (exact) mass is 294 g/mol. The van der Waals surface area contributed by atoms with Gasteiger partial charge in [0.1, 0.15) is 0 Å². The molecule has 1 aliphatic rings. The van der Waals surface area contributed by atoms with Crippen molar-refractivity contribution in [2.24, 2.45) is 5.92 Å². The second-order valence-electron chi connectivity index (χ2n) is 5.74. The van der Waals surface area contributed by atoms with Crippen LogP contribution in [0.15, 0.2) is 24.3 Å². The van der Waals surface area contributed by atoms with E-state index in [1.165, 1.54) is 76.0 Å². The summed E-state index contributed by atoms with van der Waals surface area (Å²) in [5, 5.41) is 0.258. The van der Waals surface area contributed by atoms with Gasteiger partial charge < -0.3 is 0 Å². The molecule has 0 spiro atoms. The van der Waals surface area contributed by atoms with Gasteiger partial charge in [-0.2, -0.15) is 0 Å². The molecule has 0 saturated heterocycles. The number of rotatable bonds is 12. The summed E-state index contributed by atoms with van der Waals surface area (Å²) < 4.78 is 0. The lowest BCUT2D eigenvalue weighted by molar-refractivity contribution is -0.109. The molecule has 0 radical (unpaired) electrons. The number of allylic oxidation sites excluding steroid dienone is 4. The Balaban J connectivity index is 1.71.